The molecule has 2 aromatic rings. The maximum Gasteiger partial charge on any atom is 0.264 e. The Balaban J connectivity index is 1.74. The first-order valence-electron chi connectivity index (χ1n) is 8.54. The van der Waals surface area contributed by atoms with Gasteiger partial charge in [0.25, 0.3) is 10.0 Å². The zero-order valence-electron chi connectivity index (χ0n) is 14.6. The van der Waals surface area contributed by atoms with Crippen LogP contribution in [0, 0.1) is 0 Å². The van der Waals surface area contributed by atoms with E-state index in [4.69, 9.17) is 4.74 Å². The number of nitrogens with one attached hydrogen (secondary N) is 1. The summed E-state index contributed by atoms with van der Waals surface area (Å²) in [6.45, 7) is 1.86. The number of hydrogen-bond donors (Lipinski definition) is 1. The molecule has 10 heteroatoms. The molecule has 2 aliphatic rings. The van der Waals surface area contributed by atoms with E-state index in [1.807, 2.05) is 0 Å². The van der Waals surface area contributed by atoms with Crippen LogP contribution in [0.4, 0.5) is 5.69 Å². The summed E-state index contributed by atoms with van der Waals surface area (Å²) in [5.41, 5.74) is 0.333. The van der Waals surface area contributed by atoms with Gasteiger partial charge in [0.2, 0.25) is 15.9 Å². The van der Waals surface area contributed by atoms with Crippen LogP contribution in [0.5, 0.6) is 5.88 Å². The molecule has 0 amide bonds. The normalized spacial score (nSPS) is 20.0. The molecule has 144 valence electrons. The zero-order chi connectivity index (χ0) is 19.2. The average molecular weight is 409 g/mol. The summed E-state index contributed by atoms with van der Waals surface area (Å²) in [6.07, 6.45) is 2.74. The van der Waals surface area contributed by atoms with Crippen LogP contribution in [0.25, 0.3) is 0 Å². The van der Waals surface area contributed by atoms with Crippen molar-refractivity contribution in [3.8, 4) is 5.88 Å². The van der Waals surface area contributed by atoms with Gasteiger partial charge in [-0.25, -0.2) is 26.5 Å². The first-order chi connectivity index (χ1) is 12.8. The lowest BCUT2D eigenvalue weighted by atomic mass is 10.3. The minimum atomic E-state index is -3.98. The van der Waals surface area contributed by atoms with Crippen LogP contribution in [-0.4, -0.2) is 40.5 Å². The first-order valence-corrected chi connectivity index (χ1v) is 11.5. The van der Waals surface area contributed by atoms with Crippen LogP contribution in [0.1, 0.15) is 19.8 Å². The van der Waals surface area contributed by atoms with E-state index in [-0.39, 0.29) is 34.4 Å². The van der Waals surface area contributed by atoms with Crippen LogP contribution in [-0.2, 0) is 20.0 Å². The molecule has 0 unspecified atom stereocenters. The van der Waals surface area contributed by atoms with E-state index >= 15 is 0 Å². The van der Waals surface area contributed by atoms with Crippen molar-refractivity contribution in [2.75, 3.05) is 10.8 Å². The molecule has 0 spiro atoms. The molecule has 1 aliphatic heterocycles. The molecular weight excluding hydrogens is 390 g/mol. The predicted molar refractivity (Wildman–Crippen MR) is 98.6 cm³/mol. The largest absolute Gasteiger partial charge is 0.471 e. The van der Waals surface area contributed by atoms with Gasteiger partial charge in [0.15, 0.2) is 0 Å². The lowest BCUT2D eigenvalue weighted by Gasteiger charge is -2.33. The van der Waals surface area contributed by atoms with E-state index in [2.05, 4.69) is 9.71 Å². The summed E-state index contributed by atoms with van der Waals surface area (Å²) in [5.74, 6) is 0.235. The maximum atomic E-state index is 13.2. The standard InChI is InChI=1S/C17H19N3O5S2/c1-12-11-20(16-6-3-9-18-17(16)25-12)27(23,24)15-5-2-4-14(10-15)26(21,22)19-13-7-8-13/h2-6,9-10,12-13,19H,7-8,11H2,1H3/t12-/m0/s1. The molecule has 0 saturated heterocycles. The summed E-state index contributed by atoms with van der Waals surface area (Å²) in [5, 5.41) is 0. The van der Waals surface area contributed by atoms with Crippen molar-refractivity contribution >= 4 is 25.7 Å². The fourth-order valence-electron chi connectivity index (χ4n) is 2.87. The van der Waals surface area contributed by atoms with Crippen LogP contribution >= 0.6 is 0 Å². The number of ether oxygens (including phenoxy) is 1. The number of aromatic nitrogens is 1. The lowest BCUT2D eigenvalue weighted by Crippen LogP contribution is -2.42. The van der Waals surface area contributed by atoms with Crippen LogP contribution in [0.2, 0.25) is 0 Å². The van der Waals surface area contributed by atoms with Crippen molar-refractivity contribution in [1.29, 1.82) is 0 Å². The molecule has 27 heavy (non-hydrogen) atoms. The predicted octanol–water partition coefficient (Wildman–Crippen LogP) is 1.50. The molecular formula is C17H19N3O5S2. The second kappa shape index (κ2) is 6.47. The molecule has 8 nitrogen and oxygen atoms in total. The number of hydrogen-bond acceptors (Lipinski definition) is 6. The Kier molecular flexibility index (Phi) is 4.36. The Morgan fingerprint density at radius 3 is 2.59 bits per heavy atom. The Morgan fingerprint density at radius 1 is 1.11 bits per heavy atom. The fourth-order valence-corrected chi connectivity index (χ4v) is 5.88. The molecule has 1 saturated carbocycles. The molecule has 1 atom stereocenters. The van der Waals surface area contributed by atoms with Gasteiger partial charge < -0.3 is 4.74 Å². The summed E-state index contributed by atoms with van der Waals surface area (Å²) in [6, 6.07) is 8.58. The van der Waals surface area contributed by atoms with Crippen molar-refractivity contribution in [3.05, 3.63) is 42.6 Å². The van der Waals surface area contributed by atoms with Gasteiger partial charge >= 0.3 is 0 Å². The Hall–Kier alpha value is -2.17. The third-order valence-corrected chi connectivity index (χ3v) is 7.65. The number of nitrogens with zero attached hydrogens (tertiary/aromatic N) is 2. The number of benzene rings is 1. The number of rotatable bonds is 5. The van der Waals surface area contributed by atoms with E-state index in [9.17, 15) is 16.8 Å². The van der Waals surface area contributed by atoms with Crippen molar-refractivity contribution in [2.24, 2.45) is 0 Å². The van der Waals surface area contributed by atoms with Gasteiger partial charge in [0.1, 0.15) is 11.8 Å². The molecule has 0 radical (unpaired) electrons. The van der Waals surface area contributed by atoms with Crippen molar-refractivity contribution in [3.63, 3.8) is 0 Å². The quantitative estimate of drug-likeness (QED) is 0.802. The van der Waals surface area contributed by atoms with E-state index in [0.717, 1.165) is 12.8 Å². The van der Waals surface area contributed by atoms with Crippen LogP contribution < -0.4 is 13.8 Å². The summed E-state index contributed by atoms with van der Waals surface area (Å²) in [7, 11) is -7.73. The highest BCUT2D eigenvalue weighted by atomic mass is 32.2. The number of fused-ring (bicyclic) bond motifs is 1. The summed E-state index contributed by atoms with van der Waals surface area (Å²) < 4.78 is 60.7. The Bertz CT molecular complexity index is 1080. The van der Waals surface area contributed by atoms with Gasteiger partial charge in [-0.2, -0.15) is 0 Å². The third-order valence-electron chi connectivity index (χ3n) is 4.36. The van der Waals surface area contributed by atoms with E-state index in [0.29, 0.717) is 5.69 Å². The lowest BCUT2D eigenvalue weighted by molar-refractivity contribution is 0.210. The van der Waals surface area contributed by atoms with Gasteiger partial charge in [-0.1, -0.05) is 6.07 Å². The molecule has 2 heterocycles. The van der Waals surface area contributed by atoms with E-state index < -0.39 is 20.0 Å². The smallest absolute Gasteiger partial charge is 0.264 e. The molecule has 1 aliphatic carbocycles. The zero-order valence-corrected chi connectivity index (χ0v) is 16.2. The summed E-state index contributed by atoms with van der Waals surface area (Å²) in [4.78, 5) is 3.93. The number of sulfonamides is 2. The summed E-state index contributed by atoms with van der Waals surface area (Å²) >= 11 is 0. The second-order valence-corrected chi connectivity index (χ2v) is 10.2. The van der Waals surface area contributed by atoms with Gasteiger partial charge in [0, 0.05) is 12.2 Å². The first kappa shape index (κ1) is 18.2. The SMILES string of the molecule is C[C@H]1CN(S(=O)(=O)c2cccc(S(=O)(=O)NC3CC3)c2)c2cccnc2O1. The van der Waals surface area contributed by atoms with Gasteiger partial charge in [-0.05, 0) is 50.1 Å². The monoisotopic (exact) mass is 409 g/mol. The van der Waals surface area contributed by atoms with E-state index in [1.54, 1.807) is 19.1 Å². The highest BCUT2D eigenvalue weighted by molar-refractivity contribution is 7.93. The fraction of sp³-hybridized carbons (Fsp3) is 0.353. The minimum Gasteiger partial charge on any atom is -0.471 e. The molecule has 4 rings (SSSR count). The number of pyridine rings is 1. The van der Waals surface area contributed by atoms with Crippen molar-refractivity contribution in [1.82, 2.24) is 9.71 Å². The van der Waals surface area contributed by atoms with Gasteiger partial charge in [0.05, 0.1) is 16.3 Å². The molecule has 1 aromatic heterocycles. The van der Waals surface area contributed by atoms with Gasteiger partial charge in [-0.3, -0.25) is 4.31 Å². The Morgan fingerprint density at radius 2 is 1.85 bits per heavy atom. The third kappa shape index (κ3) is 3.52. The van der Waals surface area contributed by atoms with Crippen LogP contribution in [0.3, 0.4) is 0 Å². The maximum absolute atomic E-state index is 13.2. The molecule has 0 bridgehead atoms. The molecule has 1 fully saturated rings. The topological polar surface area (TPSA) is 106 Å². The average Bonchev–Trinajstić information content (AvgIpc) is 3.44. The minimum absolute atomic E-state index is 0.0618. The van der Waals surface area contributed by atoms with Crippen LogP contribution in [0.15, 0.2) is 52.4 Å². The van der Waals surface area contributed by atoms with Gasteiger partial charge in [-0.15, -0.1) is 0 Å². The number of anilines is 1. The van der Waals surface area contributed by atoms with E-state index in [1.165, 1.54) is 34.8 Å². The second-order valence-electron chi connectivity index (χ2n) is 6.66. The highest BCUT2D eigenvalue weighted by Crippen LogP contribution is 2.35. The highest BCUT2D eigenvalue weighted by Gasteiger charge is 2.34. The molecule has 1 aromatic carbocycles. The van der Waals surface area contributed by atoms with Crippen molar-refractivity contribution in [2.45, 2.75) is 41.7 Å². The Labute approximate surface area is 158 Å². The van der Waals surface area contributed by atoms with Crippen molar-refractivity contribution < 1.29 is 21.6 Å². The molecule has 1 N–H and O–H groups in total.